The lowest BCUT2D eigenvalue weighted by atomic mass is 10.8. The molecule has 10 heavy (non-hydrogen) atoms. The van der Waals surface area contributed by atoms with E-state index in [1.807, 2.05) is 0 Å². The second-order valence-electron chi connectivity index (χ2n) is 1.54. The minimum Gasteiger partial charge on any atom is -0.378 e. The molecule has 0 aliphatic rings. The van der Waals surface area contributed by atoms with Crippen molar-refractivity contribution in [3.8, 4) is 0 Å². The molecule has 0 N–H and O–H groups in total. The van der Waals surface area contributed by atoms with E-state index in [9.17, 15) is 12.8 Å². The molecule has 0 bridgehead atoms. The first-order valence-corrected chi connectivity index (χ1v) is 5.10. The molecule has 0 rings (SSSR count). The van der Waals surface area contributed by atoms with E-state index in [2.05, 4.69) is 4.74 Å². The molecule has 3 nitrogen and oxygen atoms in total. The molecule has 0 aliphatic carbocycles. The summed E-state index contributed by atoms with van der Waals surface area (Å²) in [6.07, 6.45) is 0. The van der Waals surface area contributed by atoms with Gasteiger partial charge in [0.25, 0.3) is 0 Å². The lowest BCUT2D eigenvalue weighted by Gasteiger charge is -1.96. The molecule has 0 aromatic rings. The normalized spacial score (nSPS) is 11.8. The third-order valence-corrected chi connectivity index (χ3v) is 1.81. The summed E-state index contributed by atoms with van der Waals surface area (Å²) in [5, 5.41) is 0. The van der Waals surface area contributed by atoms with Crippen LogP contribution in [0.3, 0.4) is 0 Å². The highest BCUT2D eigenvalue weighted by Crippen LogP contribution is 1.94. The van der Waals surface area contributed by atoms with Gasteiger partial charge in [-0.2, -0.15) is 0 Å². The van der Waals surface area contributed by atoms with Crippen LogP contribution in [-0.2, 0) is 13.8 Å². The Bertz CT molecular complexity index is 167. The summed E-state index contributed by atoms with van der Waals surface area (Å²) in [7, 11) is 1.33. The number of ether oxygens (including phenoxy) is 1. The van der Waals surface area contributed by atoms with E-state index in [1.54, 1.807) is 0 Å². The van der Waals surface area contributed by atoms with Gasteiger partial charge in [-0.05, 0) is 0 Å². The van der Waals surface area contributed by atoms with Crippen LogP contribution in [0.4, 0.5) is 4.39 Å². The van der Waals surface area contributed by atoms with Gasteiger partial charge in [0, 0.05) is 10.7 Å². The highest BCUT2D eigenvalue weighted by molar-refractivity contribution is 8.13. The Hall–Kier alpha value is 0.130. The number of halogens is 2. The van der Waals surface area contributed by atoms with Crippen LogP contribution in [0.2, 0.25) is 0 Å². The SMILES string of the molecule is O=S(=O)(Cl)CCOCCF. The van der Waals surface area contributed by atoms with Crippen LogP contribution < -0.4 is 0 Å². The van der Waals surface area contributed by atoms with Crippen LogP contribution in [0, 0.1) is 0 Å². The summed E-state index contributed by atoms with van der Waals surface area (Å²) in [5.41, 5.74) is 0. The van der Waals surface area contributed by atoms with Gasteiger partial charge in [0.05, 0.1) is 19.0 Å². The molecular formula is C4H8ClFO3S. The molecule has 0 spiro atoms. The van der Waals surface area contributed by atoms with E-state index in [0.717, 1.165) is 0 Å². The number of hydrogen-bond acceptors (Lipinski definition) is 3. The van der Waals surface area contributed by atoms with Crippen LogP contribution >= 0.6 is 10.7 Å². The summed E-state index contributed by atoms with van der Waals surface area (Å²) in [6.45, 7) is -0.732. The molecule has 0 aliphatic heterocycles. The lowest BCUT2D eigenvalue weighted by molar-refractivity contribution is 0.132. The summed E-state index contributed by atoms with van der Waals surface area (Å²) in [5.74, 6) is -0.269. The number of hydrogen-bond donors (Lipinski definition) is 0. The topological polar surface area (TPSA) is 43.4 Å². The first kappa shape index (κ1) is 10.1. The van der Waals surface area contributed by atoms with Crippen LogP contribution in [0.25, 0.3) is 0 Å². The summed E-state index contributed by atoms with van der Waals surface area (Å²) in [6, 6.07) is 0. The van der Waals surface area contributed by atoms with Crippen LogP contribution in [0.5, 0.6) is 0 Å². The van der Waals surface area contributed by atoms with Gasteiger partial charge < -0.3 is 4.74 Å². The average molecular weight is 191 g/mol. The third-order valence-electron chi connectivity index (χ3n) is 0.693. The fourth-order valence-electron chi connectivity index (χ4n) is 0.315. The molecule has 0 saturated heterocycles. The maximum absolute atomic E-state index is 11.3. The van der Waals surface area contributed by atoms with E-state index in [0.29, 0.717) is 0 Å². The fraction of sp³-hybridized carbons (Fsp3) is 1.00. The molecule has 0 aromatic heterocycles. The largest absolute Gasteiger partial charge is 0.378 e. The van der Waals surface area contributed by atoms with Gasteiger partial charge in [0.1, 0.15) is 6.67 Å². The highest BCUT2D eigenvalue weighted by atomic mass is 35.7. The minimum absolute atomic E-state index is 0.0459. The molecule has 6 heteroatoms. The molecule has 0 amide bonds. The molecule has 0 unspecified atom stereocenters. The molecule has 0 saturated carbocycles. The molecule has 0 fully saturated rings. The Morgan fingerprint density at radius 1 is 1.40 bits per heavy atom. The van der Waals surface area contributed by atoms with Crippen molar-refractivity contribution in [2.75, 3.05) is 25.6 Å². The first-order chi connectivity index (χ1) is 4.56. The van der Waals surface area contributed by atoms with Crippen molar-refractivity contribution in [3.05, 3.63) is 0 Å². The maximum Gasteiger partial charge on any atom is 0.234 e. The standard InChI is InChI=1S/C4H8ClFO3S/c5-10(7,8)4-3-9-2-1-6/h1-4H2. The van der Waals surface area contributed by atoms with Crippen molar-refractivity contribution in [3.63, 3.8) is 0 Å². The smallest absolute Gasteiger partial charge is 0.234 e. The van der Waals surface area contributed by atoms with Gasteiger partial charge in [-0.25, -0.2) is 12.8 Å². The minimum atomic E-state index is -3.48. The van der Waals surface area contributed by atoms with Crippen molar-refractivity contribution in [2.24, 2.45) is 0 Å². The van der Waals surface area contributed by atoms with E-state index in [4.69, 9.17) is 10.7 Å². The summed E-state index contributed by atoms with van der Waals surface area (Å²) < 4.78 is 36.2. The zero-order valence-corrected chi connectivity index (χ0v) is 6.79. The van der Waals surface area contributed by atoms with Crippen molar-refractivity contribution in [1.82, 2.24) is 0 Å². The predicted molar refractivity (Wildman–Crippen MR) is 36.4 cm³/mol. The van der Waals surface area contributed by atoms with Crippen LogP contribution in [0.1, 0.15) is 0 Å². The predicted octanol–water partition coefficient (Wildman–Crippen LogP) is 0.541. The van der Waals surface area contributed by atoms with Gasteiger partial charge in [-0.15, -0.1) is 0 Å². The zero-order chi connectivity index (χ0) is 8.04. The van der Waals surface area contributed by atoms with E-state index >= 15 is 0 Å². The number of rotatable bonds is 5. The highest BCUT2D eigenvalue weighted by Gasteiger charge is 2.03. The van der Waals surface area contributed by atoms with Crippen LogP contribution in [0.15, 0.2) is 0 Å². The van der Waals surface area contributed by atoms with Gasteiger partial charge in [-0.1, -0.05) is 0 Å². The van der Waals surface area contributed by atoms with Gasteiger partial charge >= 0.3 is 0 Å². The van der Waals surface area contributed by atoms with Crippen LogP contribution in [-0.4, -0.2) is 34.1 Å². The van der Waals surface area contributed by atoms with Gasteiger partial charge in [0.15, 0.2) is 0 Å². The second kappa shape index (κ2) is 4.87. The molecule has 0 radical (unpaired) electrons. The van der Waals surface area contributed by atoms with E-state index in [1.165, 1.54) is 0 Å². The summed E-state index contributed by atoms with van der Waals surface area (Å²) in [4.78, 5) is 0. The zero-order valence-electron chi connectivity index (χ0n) is 5.22. The average Bonchev–Trinajstić information content (AvgIpc) is 1.78. The number of alkyl halides is 1. The summed E-state index contributed by atoms with van der Waals surface area (Å²) >= 11 is 0. The molecule has 0 heterocycles. The van der Waals surface area contributed by atoms with E-state index < -0.39 is 15.7 Å². The van der Waals surface area contributed by atoms with Crippen molar-refractivity contribution >= 4 is 19.7 Å². The first-order valence-electron chi connectivity index (χ1n) is 2.62. The second-order valence-corrected chi connectivity index (χ2v) is 4.44. The molecule has 62 valence electrons. The molecule has 0 atom stereocenters. The van der Waals surface area contributed by atoms with Gasteiger partial charge in [-0.3, -0.25) is 0 Å². The molecule has 0 aromatic carbocycles. The van der Waals surface area contributed by atoms with Crippen molar-refractivity contribution in [2.45, 2.75) is 0 Å². The molecular weight excluding hydrogens is 183 g/mol. The third kappa shape index (κ3) is 8.13. The lowest BCUT2D eigenvalue weighted by Crippen LogP contribution is -2.07. The van der Waals surface area contributed by atoms with Crippen molar-refractivity contribution < 1.29 is 17.5 Å². The Balaban J connectivity index is 3.21. The Morgan fingerprint density at radius 3 is 2.40 bits per heavy atom. The Kier molecular flexibility index (Phi) is 4.93. The van der Waals surface area contributed by atoms with E-state index in [-0.39, 0.29) is 19.0 Å². The van der Waals surface area contributed by atoms with Gasteiger partial charge in [0.2, 0.25) is 9.05 Å². The monoisotopic (exact) mass is 190 g/mol. The Morgan fingerprint density at radius 2 is 2.00 bits per heavy atom. The quantitative estimate of drug-likeness (QED) is 0.470. The maximum atomic E-state index is 11.3. The van der Waals surface area contributed by atoms with Crippen molar-refractivity contribution in [1.29, 1.82) is 0 Å². The fourth-order valence-corrected chi connectivity index (χ4v) is 0.821. The Labute approximate surface area is 63.5 Å².